The first-order chi connectivity index (χ1) is 36.1. The van der Waals surface area contributed by atoms with Gasteiger partial charge in [-0.1, -0.05) is 165 Å². The zero-order valence-electron chi connectivity index (χ0n) is 42.0. The first-order valence-corrected chi connectivity index (χ1v) is 27.3. The molecule has 2 heterocycles. The molecule has 0 saturated heterocycles. The summed E-state index contributed by atoms with van der Waals surface area (Å²) >= 11 is 0. The molecule has 360 valence electrons. The number of allylic oxidation sites excluding steroid dienone is 12. The Labute approximate surface area is 431 Å². The van der Waals surface area contributed by atoms with Gasteiger partial charge in [0.1, 0.15) is 0 Å². The number of hydrogen-bond acceptors (Lipinski definition) is 3. The van der Waals surface area contributed by atoms with Gasteiger partial charge in [0.15, 0.2) is 0 Å². The average Bonchev–Trinajstić information content (AvgIpc) is 3.96. The van der Waals surface area contributed by atoms with E-state index in [1.165, 1.54) is 109 Å². The molecule has 6 aliphatic carbocycles. The molecule has 1 aliphatic heterocycles. The normalized spacial score (nSPS) is 26.0. The van der Waals surface area contributed by atoms with Crippen LogP contribution in [0.25, 0.3) is 38.3 Å². The Bertz CT molecular complexity index is 3580. The van der Waals surface area contributed by atoms with Crippen LogP contribution in [-0.4, -0.2) is 21.6 Å². The Hall–Kier alpha value is -7.56. The summed E-state index contributed by atoms with van der Waals surface area (Å²) in [6.45, 7) is 2.47. The van der Waals surface area contributed by atoms with Crippen molar-refractivity contribution in [1.82, 2.24) is 9.47 Å². The highest BCUT2D eigenvalue weighted by Gasteiger charge is 2.43. The van der Waals surface area contributed by atoms with E-state index in [1.807, 2.05) is 0 Å². The van der Waals surface area contributed by atoms with E-state index < -0.39 is 0 Å². The number of aromatic nitrogens is 1. The van der Waals surface area contributed by atoms with Crippen molar-refractivity contribution in [3.05, 3.63) is 253 Å². The van der Waals surface area contributed by atoms with Crippen molar-refractivity contribution in [2.75, 3.05) is 9.80 Å². The van der Waals surface area contributed by atoms with Gasteiger partial charge in [0.2, 0.25) is 0 Å². The van der Waals surface area contributed by atoms with Crippen LogP contribution in [0.1, 0.15) is 76.2 Å². The fourth-order valence-corrected chi connectivity index (χ4v) is 14.0. The van der Waals surface area contributed by atoms with E-state index in [0.717, 1.165) is 32.1 Å². The molecule has 4 nitrogen and oxygen atoms in total. The Morgan fingerprint density at radius 2 is 1.47 bits per heavy atom. The summed E-state index contributed by atoms with van der Waals surface area (Å²) in [6.07, 6.45) is 45.4. The summed E-state index contributed by atoms with van der Waals surface area (Å²) in [4.78, 5) is 7.96. The molecule has 73 heavy (non-hydrogen) atoms. The Morgan fingerprint density at radius 1 is 0.644 bits per heavy atom. The first-order valence-electron chi connectivity index (χ1n) is 27.3. The minimum atomic E-state index is 0.0976. The average molecular weight is 949 g/mol. The molecule has 7 atom stereocenters. The predicted octanol–water partition coefficient (Wildman–Crippen LogP) is 17.5. The van der Waals surface area contributed by atoms with Gasteiger partial charge in [0.25, 0.3) is 0 Å². The minimum Gasteiger partial charge on any atom is -0.337 e. The molecule has 1 aromatic heterocycles. The van der Waals surface area contributed by atoms with Gasteiger partial charge in [-0.15, -0.1) is 0 Å². The van der Waals surface area contributed by atoms with E-state index in [9.17, 15) is 0 Å². The molecule has 0 saturated carbocycles. The van der Waals surface area contributed by atoms with Crippen molar-refractivity contribution in [3.63, 3.8) is 0 Å². The van der Waals surface area contributed by atoms with Crippen LogP contribution in [0.15, 0.2) is 247 Å². The molecule has 0 bridgehead atoms. The molecule has 0 N–H and O–H groups in total. The zero-order valence-corrected chi connectivity index (χ0v) is 42.0. The highest BCUT2D eigenvalue weighted by atomic mass is 15.2. The molecule has 0 spiro atoms. The molecular formula is C69H64N4. The van der Waals surface area contributed by atoms with Gasteiger partial charge in [-0.25, -0.2) is 0 Å². The molecule has 0 amide bonds. The van der Waals surface area contributed by atoms with Crippen LogP contribution < -0.4 is 9.80 Å². The third kappa shape index (κ3) is 7.55. The highest BCUT2D eigenvalue weighted by molar-refractivity contribution is 6.11. The van der Waals surface area contributed by atoms with Gasteiger partial charge in [-0.05, 0) is 153 Å². The van der Waals surface area contributed by atoms with Crippen molar-refractivity contribution >= 4 is 49.6 Å². The van der Waals surface area contributed by atoms with Crippen LogP contribution in [-0.2, 0) is 0 Å². The van der Waals surface area contributed by atoms with Gasteiger partial charge in [-0.3, -0.25) is 0 Å². The first kappa shape index (κ1) is 44.2. The van der Waals surface area contributed by atoms with Gasteiger partial charge < -0.3 is 19.3 Å². The number of nitrogens with zero attached hydrogens (tertiary/aromatic N) is 4. The Kier molecular flexibility index (Phi) is 11.0. The lowest BCUT2D eigenvalue weighted by molar-refractivity contribution is 0.267. The lowest BCUT2D eigenvalue weighted by Crippen LogP contribution is -2.38. The summed E-state index contributed by atoms with van der Waals surface area (Å²) in [5.41, 5.74) is 14.6. The molecule has 6 aromatic carbocycles. The molecule has 7 aliphatic rings. The van der Waals surface area contributed by atoms with Crippen LogP contribution in [0.4, 0.5) is 17.1 Å². The SMILES string of the molecule is CC12C=CC=C(N(C3=CCC(C4C=CC(N(c5ccc6c(c5)c5ccccc5n6-c5ccccc5)c5cccc6ccccc56)CC4)C=C3)C3=CC4c5ccccc5N(C5=CCCCC5)C4C=C3)C1C=CCC2. The van der Waals surface area contributed by atoms with Crippen LogP contribution in [0.3, 0.4) is 0 Å². The maximum atomic E-state index is 2.68. The second-order valence-corrected chi connectivity index (χ2v) is 21.9. The lowest BCUT2D eigenvalue weighted by atomic mass is 9.67. The minimum absolute atomic E-state index is 0.0976. The largest absolute Gasteiger partial charge is 0.337 e. The quantitative estimate of drug-likeness (QED) is 0.134. The van der Waals surface area contributed by atoms with E-state index in [0.29, 0.717) is 29.7 Å². The summed E-state index contributed by atoms with van der Waals surface area (Å²) in [5, 5.41) is 5.11. The van der Waals surface area contributed by atoms with Crippen molar-refractivity contribution in [3.8, 4) is 5.69 Å². The fraction of sp³-hybridized carbons (Fsp3) is 0.246. The van der Waals surface area contributed by atoms with Gasteiger partial charge in [0.05, 0.1) is 23.1 Å². The van der Waals surface area contributed by atoms with Crippen LogP contribution in [0.2, 0.25) is 0 Å². The van der Waals surface area contributed by atoms with E-state index >= 15 is 0 Å². The zero-order chi connectivity index (χ0) is 48.5. The maximum Gasteiger partial charge on any atom is 0.0627 e. The number of hydrogen-bond donors (Lipinski definition) is 0. The fourth-order valence-electron chi connectivity index (χ4n) is 14.0. The second-order valence-electron chi connectivity index (χ2n) is 21.9. The summed E-state index contributed by atoms with van der Waals surface area (Å²) < 4.78 is 2.42. The molecule has 14 rings (SSSR count). The van der Waals surface area contributed by atoms with E-state index in [4.69, 9.17) is 0 Å². The van der Waals surface area contributed by atoms with Gasteiger partial charge in [-0.2, -0.15) is 0 Å². The maximum absolute atomic E-state index is 2.68. The molecule has 0 fully saturated rings. The Balaban J connectivity index is 0.787. The van der Waals surface area contributed by atoms with E-state index in [2.05, 4.69) is 251 Å². The molecule has 7 aromatic rings. The highest BCUT2D eigenvalue weighted by Crippen LogP contribution is 2.52. The van der Waals surface area contributed by atoms with E-state index in [-0.39, 0.29) is 11.5 Å². The number of anilines is 3. The summed E-state index contributed by atoms with van der Waals surface area (Å²) in [5.74, 6) is 1.51. The standard InChI is InChI=1S/C69H64N4/c1-69-44-15-14-27-62(69)68(31-17-45-69)71(56-41-43-67-61(47-56)59-26-11-13-29-65(59)73(67)52-22-6-3-7-23-52)54-38-34-49(35-39-54)48-32-36-53(37-33-48)70(63-30-16-19-50-18-8-9-24-57(50)63)55-40-42-66-60(46-55)58-25-10-12-28-64(58)72(66)51-20-4-2-5-21-51/h2,4-5,8-14,16-22,24-32,34,36,38-43,45-49,53,61-62,67H,3,6-7,15,23,33,35,37,44H2,1H3. The van der Waals surface area contributed by atoms with Crippen molar-refractivity contribution in [2.24, 2.45) is 23.2 Å². The molecule has 4 heteroatoms. The third-order valence-corrected chi connectivity index (χ3v) is 17.7. The predicted molar refractivity (Wildman–Crippen MR) is 306 cm³/mol. The summed E-state index contributed by atoms with van der Waals surface area (Å²) in [6, 6.07) is 52.3. The number of fused-ring (bicyclic) bond motifs is 8. The topological polar surface area (TPSA) is 14.7 Å². The number of rotatable bonds is 9. The lowest BCUT2D eigenvalue weighted by Gasteiger charge is -2.45. The smallest absolute Gasteiger partial charge is 0.0627 e. The van der Waals surface area contributed by atoms with Crippen molar-refractivity contribution in [2.45, 2.75) is 82.7 Å². The van der Waals surface area contributed by atoms with Gasteiger partial charge in [0, 0.05) is 73.5 Å². The number of benzene rings is 6. The molecule has 0 radical (unpaired) electrons. The van der Waals surface area contributed by atoms with Gasteiger partial charge >= 0.3 is 0 Å². The second kappa shape index (κ2) is 18.2. The number of para-hydroxylation sites is 3. The molecule has 7 unspecified atom stereocenters. The van der Waals surface area contributed by atoms with Crippen molar-refractivity contribution in [1.29, 1.82) is 0 Å². The van der Waals surface area contributed by atoms with E-state index in [1.54, 1.807) is 0 Å². The third-order valence-electron chi connectivity index (χ3n) is 17.7. The van der Waals surface area contributed by atoms with Crippen LogP contribution >= 0.6 is 0 Å². The Morgan fingerprint density at radius 3 is 2.33 bits per heavy atom. The monoisotopic (exact) mass is 949 g/mol. The van der Waals surface area contributed by atoms with Crippen LogP contribution in [0.5, 0.6) is 0 Å². The van der Waals surface area contributed by atoms with Crippen LogP contribution in [0, 0.1) is 23.2 Å². The molecular weight excluding hydrogens is 885 g/mol. The van der Waals surface area contributed by atoms with Crippen molar-refractivity contribution < 1.29 is 0 Å². The summed E-state index contributed by atoms with van der Waals surface area (Å²) in [7, 11) is 0.